The highest BCUT2D eigenvalue weighted by Crippen LogP contribution is 2.19. The lowest BCUT2D eigenvalue weighted by molar-refractivity contribution is 0.0952. The minimum Gasteiger partial charge on any atom is -0.352 e. The summed E-state index contributed by atoms with van der Waals surface area (Å²) in [4.78, 5) is 17.2. The van der Waals surface area contributed by atoms with Gasteiger partial charge in [0.15, 0.2) is 0 Å². The van der Waals surface area contributed by atoms with Gasteiger partial charge in [-0.1, -0.05) is 19.9 Å². The number of rotatable bonds is 10. The summed E-state index contributed by atoms with van der Waals surface area (Å²) in [6, 6.07) is 4.74. The highest BCUT2D eigenvalue weighted by atomic mass is 32.2. The molecular weight excluding hydrogens is 394 g/mol. The van der Waals surface area contributed by atoms with Gasteiger partial charge in [0.1, 0.15) is 0 Å². The van der Waals surface area contributed by atoms with Crippen molar-refractivity contribution in [3.05, 3.63) is 45.4 Å². The van der Waals surface area contributed by atoms with Gasteiger partial charge < -0.3 is 5.32 Å². The Morgan fingerprint density at radius 3 is 2.50 bits per heavy atom. The van der Waals surface area contributed by atoms with Crippen LogP contribution >= 0.6 is 11.3 Å². The molecule has 154 valence electrons. The van der Waals surface area contributed by atoms with E-state index in [0.29, 0.717) is 25.2 Å². The van der Waals surface area contributed by atoms with E-state index in [0.717, 1.165) is 35.5 Å². The van der Waals surface area contributed by atoms with Crippen molar-refractivity contribution in [2.24, 2.45) is 0 Å². The Hall–Kier alpha value is -1.77. The molecule has 0 unspecified atom stereocenters. The lowest BCUT2D eigenvalue weighted by Gasteiger charge is -2.19. The molecule has 0 saturated carbocycles. The smallest absolute Gasteiger partial charge is 0.251 e. The molecule has 1 heterocycles. The molecule has 1 aromatic carbocycles. The van der Waals surface area contributed by atoms with Crippen molar-refractivity contribution in [1.29, 1.82) is 0 Å². The van der Waals surface area contributed by atoms with Gasteiger partial charge in [-0.3, -0.25) is 4.79 Å². The zero-order valence-corrected chi connectivity index (χ0v) is 18.6. The topological polar surface area (TPSA) is 79.4 Å². The Balaban J connectivity index is 1.97. The van der Waals surface area contributed by atoms with E-state index in [1.807, 2.05) is 19.2 Å². The van der Waals surface area contributed by atoms with Crippen LogP contribution in [-0.2, 0) is 16.4 Å². The van der Waals surface area contributed by atoms with Gasteiger partial charge in [0.25, 0.3) is 5.91 Å². The summed E-state index contributed by atoms with van der Waals surface area (Å²) in [5, 5.41) is 6.06. The van der Waals surface area contributed by atoms with Crippen molar-refractivity contribution >= 4 is 27.3 Å². The van der Waals surface area contributed by atoms with Crippen LogP contribution in [0.2, 0.25) is 0 Å². The number of carbonyl (C=O) groups is 1. The van der Waals surface area contributed by atoms with Crippen LogP contribution in [0.4, 0.5) is 0 Å². The molecule has 0 radical (unpaired) electrons. The Morgan fingerprint density at radius 1 is 1.18 bits per heavy atom. The van der Waals surface area contributed by atoms with Gasteiger partial charge in [-0.05, 0) is 50.8 Å². The summed E-state index contributed by atoms with van der Waals surface area (Å²) in [6.07, 6.45) is 2.70. The van der Waals surface area contributed by atoms with Crippen LogP contribution in [0.5, 0.6) is 0 Å². The van der Waals surface area contributed by atoms with Crippen LogP contribution in [0.1, 0.15) is 53.3 Å². The molecule has 2 aromatic rings. The molecule has 0 aliphatic rings. The summed E-state index contributed by atoms with van der Waals surface area (Å²) in [7, 11) is -3.58. The minimum absolute atomic E-state index is 0.158. The quantitative estimate of drug-likeness (QED) is 0.593. The summed E-state index contributed by atoms with van der Waals surface area (Å²) < 4.78 is 26.8. The zero-order chi connectivity index (χ0) is 20.7. The van der Waals surface area contributed by atoms with Crippen LogP contribution < -0.4 is 5.32 Å². The van der Waals surface area contributed by atoms with E-state index >= 15 is 0 Å². The summed E-state index contributed by atoms with van der Waals surface area (Å²) >= 11 is 1.66. The number of aryl methyl sites for hydroxylation is 3. The predicted octanol–water partition coefficient (Wildman–Crippen LogP) is 3.54. The Bertz CT molecular complexity index is 903. The summed E-state index contributed by atoms with van der Waals surface area (Å²) in [5.74, 6) is -0.237. The molecule has 0 fully saturated rings. The van der Waals surface area contributed by atoms with Crippen molar-refractivity contribution in [1.82, 2.24) is 14.6 Å². The third kappa shape index (κ3) is 5.62. The average molecular weight is 424 g/mol. The summed E-state index contributed by atoms with van der Waals surface area (Å²) in [6.45, 7) is 8.74. The van der Waals surface area contributed by atoms with E-state index in [9.17, 15) is 13.2 Å². The Kier molecular flexibility index (Phi) is 8.15. The molecule has 0 aliphatic carbocycles. The molecule has 0 bridgehead atoms. The number of sulfonamides is 1. The molecule has 6 nitrogen and oxygen atoms in total. The molecule has 0 atom stereocenters. The van der Waals surface area contributed by atoms with Crippen LogP contribution in [0.3, 0.4) is 0 Å². The fourth-order valence-corrected chi connectivity index (χ4v) is 5.24. The van der Waals surface area contributed by atoms with Crippen LogP contribution in [0, 0.1) is 13.8 Å². The lowest BCUT2D eigenvalue weighted by Crippen LogP contribution is -2.31. The number of amides is 1. The molecule has 0 spiro atoms. The largest absolute Gasteiger partial charge is 0.352 e. The molecule has 8 heteroatoms. The van der Waals surface area contributed by atoms with E-state index in [4.69, 9.17) is 0 Å². The second-order valence-electron chi connectivity index (χ2n) is 6.66. The van der Waals surface area contributed by atoms with Gasteiger partial charge in [0.05, 0.1) is 9.90 Å². The molecule has 28 heavy (non-hydrogen) atoms. The van der Waals surface area contributed by atoms with Gasteiger partial charge in [-0.25, -0.2) is 13.4 Å². The first-order chi connectivity index (χ1) is 13.3. The highest BCUT2D eigenvalue weighted by Gasteiger charge is 2.23. The molecule has 0 aliphatic heterocycles. The first-order valence-corrected chi connectivity index (χ1v) is 11.9. The van der Waals surface area contributed by atoms with Gasteiger partial charge in [0, 0.05) is 36.3 Å². The average Bonchev–Trinajstić information content (AvgIpc) is 3.07. The van der Waals surface area contributed by atoms with Gasteiger partial charge in [-0.15, -0.1) is 11.3 Å². The number of thiazole rings is 1. The van der Waals surface area contributed by atoms with Crippen LogP contribution in [0.15, 0.2) is 28.5 Å². The molecule has 1 N–H and O–H groups in total. The zero-order valence-electron chi connectivity index (χ0n) is 17.0. The third-order valence-electron chi connectivity index (χ3n) is 4.57. The number of nitrogens with one attached hydrogen (secondary N) is 1. The maximum Gasteiger partial charge on any atom is 0.251 e. The number of unbranched alkanes of at least 4 members (excludes halogenated alkanes) is 1. The highest BCUT2D eigenvalue weighted by molar-refractivity contribution is 7.89. The number of aromatic nitrogens is 1. The second kappa shape index (κ2) is 10.1. The first kappa shape index (κ1) is 22.5. The normalized spacial score (nSPS) is 11.8. The van der Waals surface area contributed by atoms with E-state index in [1.165, 1.54) is 10.4 Å². The van der Waals surface area contributed by atoms with Crippen molar-refractivity contribution < 1.29 is 13.2 Å². The van der Waals surface area contributed by atoms with Crippen molar-refractivity contribution in [2.45, 2.75) is 51.9 Å². The number of hydrogen-bond donors (Lipinski definition) is 1. The molecule has 1 amide bonds. The maximum atomic E-state index is 12.7. The van der Waals surface area contributed by atoms with Gasteiger partial charge in [-0.2, -0.15) is 4.31 Å². The van der Waals surface area contributed by atoms with Gasteiger partial charge >= 0.3 is 0 Å². The van der Waals surface area contributed by atoms with E-state index in [1.54, 1.807) is 37.3 Å². The maximum absolute atomic E-state index is 12.7. The Morgan fingerprint density at radius 2 is 1.89 bits per heavy atom. The number of hydrogen-bond acceptors (Lipinski definition) is 5. The van der Waals surface area contributed by atoms with Crippen LogP contribution in [0.25, 0.3) is 0 Å². The number of carbonyl (C=O) groups excluding carboxylic acids is 1. The van der Waals surface area contributed by atoms with Crippen LogP contribution in [-0.4, -0.2) is 43.2 Å². The van der Waals surface area contributed by atoms with Gasteiger partial charge in [0.2, 0.25) is 10.0 Å². The third-order valence-corrected chi connectivity index (χ3v) is 7.64. The molecule has 2 rings (SSSR count). The molecule has 1 aromatic heterocycles. The second-order valence-corrected chi connectivity index (χ2v) is 9.54. The number of benzene rings is 1. The number of nitrogens with zero attached hydrogens (tertiary/aromatic N) is 2. The fraction of sp³-hybridized carbons (Fsp3) is 0.500. The standard InChI is InChI=1S/C20H29N3O3S2/c1-5-23(6-2)28(25,26)17-11-10-15(3)18(13-17)20(24)21-12-8-7-9-19-22-16(4)14-27-19/h10-11,13-14H,5-9,12H2,1-4H3,(H,21,24). The fourth-order valence-electron chi connectivity index (χ4n) is 2.93. The van der Waals surface area contributed by atoms with E-state index in [2.05, 4.69) is 10.3 Å². The molecule has 0 saturated heterocycles. The monoisotopic (exact) mass is 423 g/mol. The van der Waals surface area contributed by atoms with Crippen molar-refractivity contribution in [3.8, 4) is 0 Å². The first-order valence-electron chi connectivity index (χ1n) is 9.59. The minimum atomic E-state index is -3.58. The summed E-state index contributed by atoms with van der Waals surface area (Å²) in [5.41, 5.74) is 2.21. The van der Waals surface area contributed by atoms with Crippen molar-refractivity contribution in [3.63, 3.8) is 0 Å². The van der Waals surface area contributed by atoms with E-state index in [-0.39, 0.29) is 10.8 Å². The Labute approximate surface area is 172 Å². The predicted molar refractivity (Wildman–Crippen MR) is 113 cm³/mol. The van der Waals surface area contributed by atoms with E-state index < -0.39 is 10.0 Å². The SMILES string of the molecule is CCN(CC)S(=O)(=O)c1ccc(C)c(C(=O)NCCCCc2nc(C)cs2)c1. The van der Waals surface area contributed by atoms with Crippen molar-refractivity contribution in [2.75, 3.05) is 19.6 Å². The lowest BCUT2D eigenvalue weighted by atomic mass is 10.1. The molecular formula is C20H29N3O3S2.